The largest absolute Gasteiger partial charge is 0.243 e. The number of rotatable bonds is 2. The van der Waals surface area contributed by atoms with Gasteiger partial charge in [-0.1, -0.05) is 17.7 Å². The van der Waals surface area contributed by atoms with Gasteiger partial charge in [0.1, 0.15) is 12.0 Å². The third kappa shape index (κ3) is 2.14. The zero-order chi connectivity index (χ0) is 14.1. The highest BCUT2D eigenvalue weighted by molar-refractivity contribution is 6.32. The molecular formula is C13H7ClF2N4. The fourth-order valence-corrected chi connectivity index (χ4v) is 2.01. The maximum Gasteiger partial charge on any atom is 0.151 e. The molecule has 3 aromatic rings. The number of para-hydroxylation sites is 1. The summed E-state index contributed by atoms with van der Waals surface area (Å²) < 4.78 is 28.5. The van der Waals surface area contributed by atoms with Gasteiger partial charge < -0.3 is 0 Å². The molecule has 3 rings (SSSR count). The molecule has 1 aromatic carbocycles. The fraction of sp³-hybridized carbons (Fsp3) is 0. The van der Waals surface area contributed by atoms with Crippen molar-refractivity contribution >= 4 is 11.6 Å². The molecule has 0 aliphatic carbocycles. The Balaban J connectivity index is 2.10. The van der Waals surface area contributed by atoms with Crippen LogP contribution in [0.4, 0.5) is 8.78 Å². The van der Waals surface area contributed by atoms with Crippen LogP contribution in [-0.4, -0.2) is 19.7 Å². The van der Waals surface area contributed by atoms with Crippen molar-refractivity contribution in [2.24, 2.45) is 0 Å². The Morgan fingerprint density at radius 3 is 2.55 bits per heavy atom. The van der Waals surface area contributed by atoms with Crippen LogP contribution in [0.3, 0.4) is 0 Å². The van der Waals surface area contributed by atoms with Gasteiger partial charge in [-0.05, 0) is 12.1 Å². The molecule has 0 aliphatic rings. The van der Waals surface area contributed by atoms with Gasteiger partial charge in [0, 0.05) is 18.0 Å². The third-order valence-corrected chi connectivity index (χ3v) is 2.97. The van der Waals surface area contributed by atoms with E-state index in [1.165, 1.54) is 31.0 Å². The van der Waals surface area contributed by atoms with Gasteiger partial charge in [0.25, 0.3) is 0 Å². The van der Waals surface area contributed by atoms with Crippen LogP contribution in [0, 0.1) is 11.6 Å². The molecule has 4 nitrogen and oxygen atoms in total. The van der Waals surface area contributed by atoms with Crippen LogP contribution in [0.25, 0.3) is 16.9 Å². The fourth-order valence-electron chi connectivity index (χ4n) is 1.80. The second-order valence-electron chi connectivity index (χ2n) is 3.96. The molecule has 100 valence electrons. The number of nitrogens with zero attached hydrogens (tertiary/aromatic N) is 4. The lowest BCUT2D eigenvalue weighted by Gasteiger charge is -2.04. The maximum atomic E-state index is 13.7. The first kappa shape index (κ1) is 12.7. The van der Waals surface area contributed by atoms with Crippen LogP contribution in [0.1, 0.15) is 0 Å². The molecule has 0 N–H and O–H groups in total. The Morgan fingerprint density at radius 2 is 1.85 bits per heavy atom. The molecule has 2 heterocycles. The second kappa shape index (κ2) is 4.97. The van der Waals surface area contributed by atoms with Crippen LogP contribution in [-0.2, 0) is 0 Å². The van der Waals surface area contributed by atoms with Crippen molar-refractivity contribution in [1.29, 1.82) is 0 Å². The number of benzene rings is 1. The van der Waals surface area contributed by atoms with Gasteiger partial charge in [-0.3, -0.25) is 0 Å². The highest BCUT2D eigenvalue weighted by Gasteiger charge is 2.14. The maximum absolute atomic E-state index is 13.7. The minimum Gasteiger partial charge on any atom is -0.243 e. The van der Waals surface area contributed by atoms with Crippen molar-refractivity contribution in [3.63, 3.8) is 0 Å². The van der Waals surface area contributed by atoms with Crippen LogP contribution < -0.4 is 0 Å². The van der Waals surface area contributed by atoms with Crippen molar-refractivity contribution in [3.05, 3.63) is 59.8 Å². The first-order valence-corrected chi connectivity index (χ1v) is 5.99. The monoisotopic (exact) mass is 292 g/mol. The summed E-state index contributed by atoms with van der Waals surface area (Å²) in [5, 5.41) is 4.28. The van der Waals surface area contributed by atoms with E-state index in [-0.39, 0.29) is 5.69 Å². The Labute approximate surface area is 117 Å². The summed E-state index contributed by atoms with van der Waals surface area (Å²) in [6.45, 7) is 0. The summed E-state index contributed by atoms with van der Waals surface area (Å²) in [5.41, 5.74) is 0.744. The van der Waals surface area contributed by atoms with Crippen LogP contribution >= 0.6 is 11.6 Å². The minimum atomic E-state index is -0.701. The first-order chi connectivity index (χ1) is 9.66. The van der Waals surface area contributed by atoms with Gasteiger partial charge in [-0.25, -0.2) is 23.4 Å². The van der Waals surface area contributed by atoms with Gasteiger partial charge >= 0.3 is 0 Å². The topological polar surface area (TPSA) is 43.6 Å². The SMILES string of the molecule is Fc1cccc(F)c1-n1cc(-c2ncncc2Cl)cn1. The lowest BCUT2D eigenvalue weighted by molar-refractivity contribution is 0.560. The molecule has 20 heavy (non-hydrogen) atoms. The summed E-state index contributed by atoms with van der Waals surface area (Å²) in [6, 6.07) is 3.62. The van der Waals surface area contributed by atoms with E-state index < -0.39 is 11.6 Å². The Morgan fingerprint density at radius 1 is 1.10 bits per heavy atom. The molecule has 2 aromatic heterocycles. The molecule has 0 fully saturated rings. The van der Waals surface area contributed by atoms with Crippen LogP contribution in [0.2, 0.25) is 5.02 Å². The van der Waals surface area contributed by atoms with Crippen molar-refractivity contribution in [1.82, 2.24) is 19.7 Å². The summed E-state index contributed by atoms with van der Waals surface area (Å²) in [4.78, 5) is 7.79. The summed E-state index contributed by atoms with van der Waals surface area (Å²) in [5.74, 6) is -1.40. The molecule has 0 atom stereocenters. The molecule has 0 amide bonds. The van der Waals surface area contributed by atoms with Gasteiger partial charge in [0.15, 0.2) is 11.6 Å². The van der Waals surface area contributed by atoms with E-state index >= 15 is 0 Å². The average molecular weight is 293 g/mol. The Kier molecular flexibility index (Phi) is 3.15. The second-order valence-corrected chi connectivity index (χ2v) is 4.37. The van der Waals surface area contributed by atoms with E-state index in [0.717, 1.165) is 16.8 Å². The predicted molar refractivity (Wildman–Crippen MR) is 69.5 cm³/mol. The van der Waals surface area contributed by atoms with Crippen molar-refractivity contribution in [3.8, 4) is 16.9 Å². The van der Waals surface area contributed by atoms with E-state index in [4.69, 9.17) is 11.6 Å². The normalized spacial score (nSPS) is 10.8. The van der Waals surface area contributed by atoms with E-state index in [9.17, 15) is 8.78 Å². The molecule has 7 heteroatoms. The average Bonchev–Trinajstić information content (AvgIpc) is 2.88. The number of aromatic nitrogens is 4. The van der Waals surface area contributed by atoms with E-state index in [0.29, 0.717) is 16.3 Å². The van der Waals surface area contributed by atoms with Gasteiger partial charge in [0.2, 0.25) is 0 Å². The molecule has 0 spiro atoms. The lowest BCUT2D eigenvalue weighted by Crippen LogP contribution is -2.01. The quantitative estimate of drug-likeness (QED) is 0.728. The summed E-state index contributed by atoms with van der Waals surface area (Å²) in [7, 11) is 0. The standard InChI is InChI=1S/C13H7ClF2N4/c14-9-5-17-7-18-12(9)8-4-19-20(6-8)13-10(15)2-1-3-11(13)16/h1-7H. The van der Waals surface area contributed by atoms with E-state index in [2.05, 4.69) is 15.1 Å². The number of hydrogen-bond acceptors (Lipinski definition) is 3. The van der Waals surface area contributed by atoms with Crippen LogP contribution in [0.5, 0.6) is 0 Å². The molecule has 0 saturated heterocycles. The van der Waals surface area contributed by atoms with Gasteiger partial charge in [-0.2, -0.15) is 5.10 Å². The summed E-state index contributed by atoms with van der Waals surface area (Å²) >= 11 is 5.97. The zero-order valence-electron chi connectivity index (χ0n) is 9.96. The Bertz CT molecular complexity index is 752. The van der Waals surface area contributed by atoms with Crippen molar-refractivity contribution in [2.75, 3.05) is 0 Å². The molecule has 0 bridgehead atoms. The zero-order valence-corrected chi connectivity index (χ0v) is 10.7. The van der Waals surface area contributed by atoms with E-state index in [1.807, 2.05) is 0 Å². The molecular weight excluding hydrogens is 286 g/mol. The molecule has 0 saturated carbocycles. The smallest absolute Gasteiger partial charge is 0.151 e. The van der Waals surface area contributed by atoms with Crippen molar-refractivity contribution < 1.29 is 8.78 Å². The highest BCUT2D eigenvalue weighted by Crippen LogP contribution is 2.25. The lowest BCUT2D eigenvalue weighted by atomic mass is 10.2. The Hall–Kier alpha value is -2.34. The van der Waals surface area contributed by atoms with Crippen LogP contribution in [0.15, 0.2) is 43.1 Å². The summed E-state index contributed by atoms with van der Waals surface area (Å²) in [6.07, 6.45) is 5.66. The van der Waals surface area contributed by atoms with Gasteiger partial charge in [0.05, 0.1) is 16.9 Å². The number of halogens is 3. The third-order valence-electron chi connectivity index (χ3n) is 2.69. The molecule has 0 unspecified atom stereocenters. The van der Waals surface area contributed by atoms with Crippen molar-refractivity contribution in [2.45, 2.75) is 0 Å². The van der Waals surface area contributed by atoms with Gasteiger partial charge in [-0.15, -0.1) is 0 Å². The molecule has 0 radical (unpaired) electrons. The number of hydrogen-bond donors (Lipinski definition) is 0. The first-order valence-electron chi connectivity index (χ1n) is 5.62. The van der Waals surface area contributed by atoms with E-state index in [1.54, 1.807) is 0 Å². The minimum absolute atomic E-state index is 0.246. The predicted octanol–water partition coefficient (Wildman–Crippen LogP) is 3.26. The molecule has 0 aliphatic heterocycles. The highest BCUT2D eigenvalue weighted by atomic mass is 35.5.